The first-order valence-corrected chi connectivity index (χ1v) is 7.47. The fourth-order valence-corrected chi connectivity index (χ4v) is 3.26. The maximum atomic E-state index is 14.2. The number of nitrogens with zero attached hydrogens (tertiary/aromatic N) is 2. The third-order valence-electron chi connectivity index (χ3n) is 3.38. The summed E-state index contributed by atoms with van der Waals surface area (Å²) < 4.78 is 24.2. The van der Waals surface area contributed by atoms with Crippen molar-refractivity contribution in [2.45, 2.75) is 6.29 Å². The SMILES string of the molecule is CO[C@H]1CN(c2ccc(N3CCSC3)c(F)c2)C(=O)O1. The molecule has 1 atom stereocenters. The van der Waals surface area contributed by atoms with Crippen LogP contribution in [-0.2, 0) is 9.47 Å². The lowest BCUT2D eigenvalue weighted by Crippen LogP contribution is -2.25. The zero-order chi connectivity index (χ0) is 14.1. The third-order valence-corrected chi connectivity index (χ3v) is 4.35. The number of carbonyl (C=O) groups excluding carboxylic acids is 1. The number of benzene rings is 1. The van der Waals surface area contributed by atoms with E-state index < -0.39 is 12.4 Å². The number of carbonyl (C=O) groups is 1. The summed E-state index contributed by atoms with van der Waals surface area (Å²) in [5.41, 5.74) is 1.07. The molecule has 2 saturated heterocycles. The quantitative estimate of drug-likeness (QED) is 0.856. The molecule has 0 saturated carbocycles. The van der Waals surface area contributed by atoms with E-state index in [2.05, 4.69) is 0 Å². The van der Waals surface area contributed by atoms with Crippen molar-refractivity contribution < 1.29 is 18.7 Å². The van der Waals surface area contributed by atoms with Crippen LogP contribution in [0.25, 0.3) is 0 Å². The number of anilines is 2. The molecule has 1 aromatic rings. The minimum atomic E-state index is -0.597. The molecule has 0 spiro atoms. The zero-order valence-electron chi connectivity index (χ0n) is 11.0. The number of hydrogen-bond donors (Lipinski definition) is 0. The maximum absolute atomic E-state index is 14.2. The zero-order valence-corrected chi connectivity index (χ0v) is 11.9. The highest BCUT2D eigenvalue weighted by atomic mass is 32.2. The molecule has 0 unspecified atom stereocenters. The molecule has 2 aliphatic rings. The summed E-state index contributed by atoms with van der Waals surface area (Å²) >= 11 is 1.78. The van der Waals surface area contributed by atoms with Gasteiger partial charge in [0.05, 0.1) is 23.8 Å². The van der Waals surface area contributed by atoms with Gasteiger partial charge in [-0.2, -0.15) is 0 Å². The van der Waals surface area contributed by atoms with Crippen LogP contribution in [0.3, 0.4) is 0 Å². The summed E-state index contributed by atoms with van der Waals surface area (Å²) in [5.74, 6) is 1.49. The maximum Gasteiger partial charge on any atom is 0.416 e. The van der Waals surface area contributed by atoms with Crippen LogP contribution in [0.2, 0.25) is 0 Å². The predicted octanol–water partition coefficient (Wildman–Crippen LogP) is 2.27. The van der Waals surface area contributed by atoms with E-state index in [4.69, 9.17) is 9.47 Å². The van der Waals surface area contributed by atoms with Gasteiger partial charge in [0.15, 0.2) is 0 Å². The summed E-state index contributed by atoms with van der Waals surface area (Å²) in [6.45, 7) is 1.12. The number of rotatable bonds is 3. The fraction of sp³-hybridized carbons (Fsp3) is 0.462. The van der Waals surface area contributed by atoms with Gasteiger partial charge in [-0.25, -0.2) is 9.18 Å². The molecule has 20 heavy (non-hydrogen) atoms. The average Bonchev–Trinajstić information content (AvgIpc) is 3.07. The smallest absolute Gasteiger partial charge is 0.416 e. The van der Waals surface area contributed by atoms with E-state index in [1.54, 1.807) is 23.9 Å². The van der Waals surface area contributed by atoms with Crippen molar-refractivity contribution in [3.63, 3.8) is 0 Å². The summed E-state index contributed by atoms with van der Waals surface area (Å²) in [4.78, 5) is 15.0. The monoisotopic (exact) mass is 298 g/mol. The van der Waals surface area contributed by atoms with Gasteiger partial charge in [0.1, 0.15) is 5.82 Å². The number of ether oxygens (including phenoxy) is 2. The first kappa shape index (κ1) is 13.5. The minimum absolute atomic E-state index is 0.272. The molecule has 2 aliphatic heterocycles. The molecule has 1 amide bonds. The molecular weight excluding hydrogens is 283 g/mol. The van der Waals surface area contributed by atoms with Crippen molar-refractivity contribution in [2.75, 3.05) is 41.6 Å². The number of halogens is 1. The van der Waals surface area contributed by atoms with E-state index in [1.165, 1.54) is 18.1 Å². The second kappa shape index (κ2) is 5.49. The van der Waals surface area contributed by atoms with Crippen LogP contribution < -0.4 is 9.80 Å². The molecule has 0 radical (unpaired) electrons. The Labute approximate surface area is 120 Å². The van der Waals surface area contributed by atoms with E-state index in [0.717, 1.165) is 18.2 Å². The van der Waals surface area contributed by atoms with E-state index >= 15 is 0 Å². The van der Waals surface area contributed by atoms with Gasteiger partial charge in [0.2, 0.25) is 6.29 Å². The minimum Gasteiger partial charge on any atom is -0.417 e. The Bertz CT molecular complexity index is 522. The van der Waals surface area contributed by atoms with Crippen molar-refractivity contribution in [2.24, 2.45) is 0 Å². The summed E-state index contributed by atoms with van der Waals surface area (Å²) in [6.07, 6.45) is -1.11. The van der Waals surface area contributed by atoms with E-state index in [9.17, 15) is 9.18 Å². The van der Waals surface area contributed by atoms with Crippen LogP contribution in [0.4, 0.5) is 20.6 Å². The van der Waals surface area contributed by atoms with Crippen LogP contribution in [0.15, 0.2) is 18.2 Å². The van der Waals surface area contributed by atoms with Crippen molar-refractivity contribution in [1.29, 1.82) is 0 Å². The van der Waals surface area contributed by atoms with Crippen LogP contribution >= 0.6 is 11.8 Å². The molecule has 108 valence electrons. The predicted molar refractivity (Wildman–Crippen MR) is 75.7 cm³/mol. The highest BCUT2D eigenvalue weighted by molar-refractivity contribution is 7.99. The van der Waals surface area contributed by atoms with Gasteiger partial charge in [-0.05, 0) is 18.2 Å². The van der Waals surface area contributed by atoms with Crippen molar-refractivity contribution in [1.82, 2.24) is 0 Å². The average molecular weight is 298 g/mol. The van der Waals surface area contributed by atoms with E-state index in [0.29, 0.717) is 11.4 Å². The Balaban J connectivity index is 1.81. The highest BCUT2D eigenvalue weighted by Crippen LogP contribution is 2.30. The number of thioether (sulfide) groups is 1. The molecule has 0 aromatic heterocycles. The van der Waals surface area contributed by atoms with Crippen LogP contribution in [-0.4, -0.2) is 44.2 Å². The van der Waals surface area contributed by atoms with Crippen molar-refractivity contribution >= 4 is 29.2 Å². The Kier molecular flexibility index (Phi) is 3.71. The van der Waals surface area contributed by atoms with Crippen molar-refractivity contribution in [3.8, 4) is 0 Å². The number of methoxy groups -OCH3 is 1. The first-order valence-electron chi connectivity index (χ1n) is 6.32. The van der Waals surface area contributed by atoms with Gasteiger partial charge in [-0.3, -0.25) is 4.90 Å². The van der Waals surface area contributed by atoms with Gasteiger partial charge in [-0.15, -0.1) is 11.8 Å². The third kappa shape index (κ3) is 2.43. The molecule has 7 heteroatoms. The number of amides is 1. The molecule has 1 aromatic carbocycles. The van der Waals surface area contributed by atoms with Crippen LogP contribution in [0, 0.1) is 5.82 Å². The van der Waals surface area contributed by atoms with Crippen LogP contribution in [0.1, 0.15) is 0 Å². The second-order valence-corrected chi connectivity index (χ2v) is 5.67. The van der Waals surface area contributed by atoms with Gasteiger partial charge in [0.25, 0.3) is 0 Å². The first-order chi connectivity index (χ1) is 9.69. The molecule has 2 fully saturated rings. The second-order valence-electron chi connectivity index (χ2n) is 4.60. The Morgan fingerprint density at radius 3 is 2.95 bits per heavy atom. The fourth-order valence-electron chi connectivity index (χ4n) is 2.29. The largest absolute Gasteiger partial charge is 0.417 e. The molecule has 5 nitrogen and oxygen atoms in total. The summed E-state index contributed by atoms with van der Waals surface area (Å²) in [5, 5.41) is 0. The molecule has 0 bridgehead atoms. The number of hydrogen-bond acceptors (Lipinski definition) is 5. The number of cyclic esters (lactones) is 1. The lowest BCUT2D eigenvalue weighted by atomic mass is 10.2. The molecule has 2 heterocycles. The normalized spacial score (nSPS) is 22.5. The topological polar surface area (TPSA) is 42.0 Å². The lowest BCUT2D eigenvalue weighted by molar-refractivity contribution is -0.0488. The van der Waals surface area contributed by atoms with Crippen molar-refractivity contribution in [3.05, 3.63) is 24.0 Å². The van der Waals surface area contributed by atoms with Crippen LogP contribution in [0.5, 0.6) is 0 Å². The Morgan fingerprint density at radius 1 is 1.50 bits per heavy atom. The molecular formula is C13H15FN2O3S. The van der Waals surface area contributed by atoms with Gasteiger partial charge in [-0.1, -0.05) is 0 Å². The summed E-state index contributed by atoms with van der Waals surface area (Å²) in [6, 6.07) is 4.82. The molecule has 0 N–H and O–H groups in total. The standard InChI is InChI=1S/C13H15FN2O3S/c1-18-12-7-16(13(17)19-12)9-2-3-11(10(14)6-9)15-4-5-20-8-15/h2-3,6,12H,4-5,7-8H2,1H3/t12-/m1/s1. The molecule has 0 aliphatic carbocycles. The highest BCUT2D eigenvalue weighted by Gasteiger charge is 2.32. The Hall–Kier alpha value is -1.47. The van der Waals surface area contributed by atoms with Gasteiger partial charge < -0.3 is 14.4 Å². The van der Waals surface area contributed by atoms with Gasteiger partial charge in [0, 0.05) is 19.4 Å². The lowest BCUT2D eigenvalue weighted by Gasteiger charge is -2.19. The van der Waals surface area contributed by atoms with E-state index in [-0.39, 0.29) is 12.4 Å². The van der Waals surface area contributed by atoms with Gasteiger partial charge >= 0.3 is 6.09 Å². The van der Waals surface area contributed by atoms with E-state index in [1.807, 2.05) is 4.90 Å². The molecule has 3 rings (SSSR count). The Morgan fingerprint density at radius 2 is 2.35 bits per heavy atom. The summed E-state index contributed by atoms with van der Waals surface area (Å²) in [7, 11) is 1.47.